The minimum Gasteiger partial charge on any atom is -0.480 e. The lowest BCUT2D eigenvalue weighted by Gasteiger charge is -2.14. The van der Waals surface area contributed by atoms with Crippen molar-refractivity contribution in [2.24, 2.45) is 5.73 Å². The molecule has 0 bridgehead atoms. The van der Waals surface area contributed by atoms with Crippen LogP contribution in [0.15, 0.2) is 0 Å². The minimum atomic E-state index is -1.03. The number of ether oxygens (including phenoxy) is 1. The molecule has 0 aliphatic heterocycles. The van der Waals surface area contributed by atoms with E-state index in [1.165, 1.54) is 0 Å². The molecule has 0 aromatic rings. The van der Waals surface area contributed by atoms with E-state index in [4.69, 9.17) is 15.6 Å². The summed E-state index contributed by atoms with van der Waals surface area (Å²) in [7, 11) is 0. The highest BCUT2D eigenvalue weighted by molar-refractivity contribution is 5.73. The fraction of sp³-hybridized carbons (Fsp3) is 0.833. The predicted molar refractivity (Wildman–Crippen MR) is 36.7 cm³/mol. The summed E-state index contributed by atoms with van der Waals surface area (Å²) in [5.41, 5.74) is 5.22. The van der Waals surface area contributed by atoms with Gasteiger partial charge in [0, 0.05) is 6.61 Å². The highest BCUT2D eigenvalue weighted by Crippen LogP contribution is 1.95. The van der Waals surface area contributed by atoms with E-state index >= 15 is 0 Å². The molecule has 0 aliphatic rings. The molecule has 0 aliphatic carbocycles. The van der Waals surface area contributed by atoms with Crippen LogP contribution >= 0.6 is 0 Å². The number of aliphatic carboxylic acids is 1. The molecule has 0 saturated carbocycles. The van der Waals surface area contributed by atoms with Gasteiger partial charge in [-0.2, -0.15) is 0 Å². The van der Waals surface area contributed by atoms with Crippen LogP contribution in [0.1, 0.15) is 13.8 Å². The van der Waals surface area contributed by atoms with Crippen molar-refractivity contribution in [1.29, 1.82) is 0 Å². The van der Waals surface area contributed by atoms with Crippen molar-refractivity contribution in [2.75, 3.05) is 6.61 Å². The van der Waals surface area contributed by atoms with Crippen LogP contribution in [-0.2, 0) is 9.53 Å². The molecule has 0 amide bonds. The highest BCUT2D eigenvalue weighted by atomic mass is 16.5. The van der Waals surface area contributed by atoms with Gasteiger partial charge in [-0.05, 0) is 13.8 Å². The van der Waals surface area contributed by atoms with Gasteiger partial charge in [0.25, 0.3) is 0 Å². The molecule has 0 radical (unpaired) electrons. The maximum atomic E-state index is 10.2. The van der Waals surface area contributed by atoms with E-state index < -0.39 is 18.1 Å². The van der Waals surface area contributed by atoms with Gasteiger partial charge in [0.15, 0.2) is 0 Å². The van der Waals surface area contributed by atoms with Gasteiger partial charge in [0.2, 0.25) is 0 Å². The van der Waals surface area contributed by atoms with Gasteiger partial charge < -0.3 is 15.6 Å². The second-order valence-electron chi connectivity index (χ2n) is 2.02. The molecule has 0 aromatic carbocycles. The first-order valence-electron chi connectivity index (χ1n) is 3.19. The average molecular weight is 147 g/mol. The quantitative estimate of drug-likeness (QED) is 0.578. The van der Waals surface area contributed by atoms with E-state index in [-0.39, 0.29) is 0 Å². The zero-order chi connectivity index (χ0) is 8.15. The average Bonchev–Trinajstić information content (AvgIpc) is 1.87. The van der Waals surface area contributed by atoms with Crippen molar-refractivity contribution in [1.82, 2.24) is 0 Å². The van der Waals surface area contributed by atoms with Crippen LogP contribution < -0.4 is 5.73 Å². The van der Waals surface area contributed by atoms with Crippen LogP contribution in [0.3, 0.4) is 0 Å². The van der Waals surface area contributed by atoms with Crippen LogP contribution in [0, 0.1) is 0 Å². The molecule has 0 heterocycles. The molecule has 0 saturated heterocycles. The largest absolute Gasteiger partial charge is 0.480 e. The number of nitrogens with two attached hydrogens (primary N) is 1. The number of hydrogen-bond acceptors (Lipinski definition) is 3. The number of carboxylic acids is 1. The summed E-state index contributed by atoms with van der Waals surface area (Å²) < 4.78 is 4.96. The Morgan fingerprint density at radius 2 is 2.30 bits per heavy atom. The van der Waals surface area contributed by atoms with Gasteiger partial charge >= 0.3 is 5.97 Å². The zero-order valence-electron chi connectivity index (χ0n) is 6.20. The van der Waals surface area contributed by atoms with Gasteiger partial charge in [-0.15, -0.1) is 0 Å². The first-order valence-corrected chi connectivity index (χ1v) is 3.19. The Balaban J connectivity index is 3.69. The molecule has 0 aromatic heterocycles. The third-order valence-corrected chi connectivity index (χ3v) is 1.22. The van der Waals surface area contributed by atoms with Crippen LogP contribution in [0.5, 0.6) is 0 Å². The molecule has 3 N–H and O–H groups in total. The molecule has 10 heavy (non-hydrogen) atoms. The van der Waals surface area contributed by atoms with Gasteiger partial charge in [-0.3, -0.25) is 4.79 Å². The predicted octanol–water partition coefficient (Wildman–Crippen LogP) is -0.177. The van der Waals surface area contributed by atoms with E-state index in [1.54, 1.807) is 13.8 Å². The molecule has 4 nitrogen and oxygen atoms in total. The lowest BCUT2D eigenvalue weighted by atomic mass is 10.2. The van der Waals surface area contributed by atoms with E-state index in [2.05, 4.69) is 0 Å². The number of hydrogen-bond donors (Lipinski definition) is 2. The summed E-state index contributed by atoms with van der Waals surface area (Å²) in [6.45, 7) is 3.93. The summed E-state index contributed by atoms with van der Waals surface area (Å²) >= 11 is 0. The van der Waals surface area contributed by atoms with Crippen molar-refractivity contribution in [2.45, 2.75) is 26.0 Å². The van der Waals surface area contributed by atoms with Gasteiger partial charge in [0.05, 0.1) is 6.10 Å². The topological polar surface area (TPSA) is 72.5 Å². The Morgan fingerprint density at radius 3 is 2.60 bits per heavy atom. The summed E-state index contributed by atoms with van der Waals surface area (Å²) in [5, 5.41) is 8.37. The van der Waals surface area contributed by atoms with Crippen molar-refractivity contribution in [3.8, 4) is 0 Å². The third kappa shape index (κ3) is 2.80. The Kier molecular flexibility index (Phi) is 3.99. The molecule has 2 atom stereocenters. The summed E-state index contributed by atoms with van der Waals surface area (Å²) in [4.78, 5) is 10.2. The molecule has 0 rings (SSSR count). The second-order valence-corrected chi connectivity index (χ2v) is 2.02. The van der Waals surface area contributed by atoms with E-state index in [0.29, 0.717) is 6.61 Å². The Morgan fingerprint density at radius 1 is 1.80 bits per heavy atom. The van der Waals surface area contributed by atoms with Crippen molar-refractivity contribution >= 4 is 5.97 Å². The standard InChI is InChI=1S/C6H13NO3/c1-3-10-4(2)5(7)6(8)9/h4-5H,3,7H2,1-2H3,(H,8,9)/t4?,5-/m1/s1. The normalized spacial score (nSPS) is 16.3. The highest BCUT2D eigenvalue weighted by Gasteiger charge is 2.19. The van der Waals surface area contributed by atoms with Crippen molar-refractivity contribution < 1.29 is 14.6 Å². The summed E-state index contributed by atoms with van der Waals surface area (Å²) in [6, 6.07) is -0.917. The monoisotopic (exact) mass is 147 g/mol. The maximum absolute atomic E-state index is 10.2. The van der Waals surface area contributed by atoms with E-state index in [1.807, 2.05) is 0 Å². The lowest BCUT2D eigenvalue weighted by Crippen LogP contribution is -2.41. The van der Waals surface area contributed by atoms with Crippen LogP contribution in [-0.4, -0.2) is 29.8 Å². The fourth-order valence-corrected chi connectivity index (χ4v) is 0.567. The molecular formula is C6H13NO3. The second kappa shape index (κ2) is 4.24. The van der Waals surface area contributed by atoms with Gasteiger partial charge in [-0.25, -0.2) is 0 Å². The van der Waals surface area contributed by atoms with Crippen LogP contribution in [0.4, 0.5) is 0 Å². The third-order valence-electron chi connectivity index (χ3n) is 1.22. The molecule has 0 spiro atoms. The number of carboxylic acid groups (broad SMARTS) is 1. The van der Waals surface area contributed by atoms with E-state index in [0.717, 1.165) is 0 Å². The number of rotatable bonds is 4. The SMILES string of the molecule is CCOC(C)[C@@H](N)C(=O)O. The van der Waals surface area contributed by atoms with Gasteiger partial charge in [0.1, 0.15) is 6.04 Å². The molecule has 4 heteroatoms. The van der Waals surface area contributed by atoms with Gasteiger partial charge in [-0.1, -0.05) is 0 Å². The number of carbonyl (C=O) groups is 1. The van der Waals surface area contributed by atoms with Crippen molar-refractivity contribution in [3.05, 3.63) is 0 Å². The first kappa shape index (κ1) is 9.39. The summed E-state index contributed by atoms with van der Waals surface area (Å²) in [6.07, 6.45) is -0.414. The van der Waals surface area contributed by atoms with Crippen LogP contribution in [0.2, 0.25) is 0 Å². The molecule has 60 valence electrons. The fourth-order valence-electron chi connectivity index (χ4n) is 0.567. The van der Waals surface area contributed by atoms with Crippen molar-refractivity contribution in [3.63, 3.8) is 0 Å². The Bertz CT molecular complexity index is 116. The van der Waals surface area contributed by atoms with Crippen LogP contribution in [0.25, 0.3) is 0 Å². The minimum absolute atomic E-state index is 0.414. The smallest absolute Gasteiger partial charge is 0.323 e. The van der Waals surface area contributed by atoms with E-state index in [9.17, 15) is 4.79 Å². The Labute approximate surface area is 60.0 Å². The Hall–Kier alpha value is -0.610. The molecular weight excluding hydrogens is 134 g/mol. The maximum Gasteiger partial charge on any atom is 0.323 e. The molecule has 1 unspecified atom stereocenters. The molecule has 0 fully saturated rings. The first-order chi connectivity index (χ1) is 4.59. The lowest BCUT2D eigenvalue weighted by molar-refractivity contribution is -0.141. The summed E-state index contributed by atoms with van der Waals surface area (Å²) in [5.74, 6) is -1.03. The zero-order valence-corrected chi connectivity index (χ0v) is 6.20.